The van der Waals surface area contributed by atoms with E-state index >= 15 is 0 Å². The van der Waals surface area contributed by atoms with Crippen LogP contribution in [0.25, 0.3) is 0 Å². The molecule has 0 radical (unpaired) electrons. The second-order valence-corrected chi connectivity index (χ2v) is 2.99. The van der Waals surface area contributed by atoms with Crippen molar-refractivity contribution >= 4 is 6.40 Å². The van der Waals surface area contributed by atoms with Crippen LogP contribution in [0.4, 0.5) is 0 Å². The van der Waals surface area contributed by atoms with Gasteiger partial charge in [0.1, 0.15) is 0 Å². The molecule has 1 N–H and O–H groups in total. The van der Waals surface area contributed by atoms with Crippen molar-refractivity contribution in [2.75, 3.05) is 6.61 Å². The summed E-state index contributed by atoms with van der Waals surface area (Å²) in [4.78, 5) is 0. The monoisotopic (exact) mass is 115 g/mol. The molecular weight excluding hydrogens is 102 g/mol. The van der Waals surface area contributed by atoms with Gasteiger partial charge < -0.3 is 4.74 Å². The van der Waals surface area contributed by atoms with E-state index in [2.05, 4.69) is 20.8 Å². The minimum atomic E-state index is 0.178. The molecule has 0 amide bonds. The Morgan fingerprint density at radius 1 is 1.50 bits per heavy atom. The number of ether oxygens (including phenoxy) is 1. The lowest BCUT2D eigenvalue weighted by Crippen LogP contribution is -2.13. The molecule has 0 aromatic heterocycles. The van der Waals surface area contributed by atoms with Gasteiger partial charge >= 0.3 is 0 Å². The fraction of sp³-hybridized carbons (Fsp3) is 0.833. The Bertz CT molecular complexity index is 73.1. The fourth-order valence-corrected chi connectivity index (χ4v) is 0.292. The Morgan fingerprint density at radius 2 is 2.00 bits per heavy atom. The van der Waals surface area contributed by atoms with Gasteiger partial charge in [0.05, 0.1) is 6.61 Å². The number of hydrogen-bond acceptors (Lipinski definition) is 2. The smallest absolute Gasteiger partial charge is 0.166 e. The molecule has 0 aliphatic heterocycles. The van der Waals surface area contributed by atoms with Crippen LogP contribution in [-0.2, 0) is 4.74 Å². The predicted octanol–water partition coefficient (Wildman–Crippen LogP) is 1.66. The average Bonchev–Trinajstić information content (AvgIpc) is 1.59. The maximum absolute atomic E-state index is 6.54. The largest absolute Gasteiger partial charge is 0.483 e. The highest BCUT2D eigenvalue weighted by atomic mass is 16.5. The lowest BCUT2D eigenvalue weighted by Gasteiger charge is -2.15. The summed E-state index contributed by atoms with van der Waals surface area (Å²) < 4.78 is 4.74. The zero-order valence-corrected chi connectivity index (χ0v) is 5.69. The molecule has 0 fully saturated rings. The quantitative estimate of drug-likeness (QED) is 0.431. The van der Waals surface area contributed by atoms with Crippen molar-refractivity contribution in [2.45, 2.75) is 20.8 Å². The minimum absolute atomic E-state index is 0.178. The molecule has 0 rings (SSSR count). The van der Waals surface area contributed by atoms with Crippen LogP contribution in [0.5, 0.6) is 0 Å². The van der Waals surface area contributed by atoms with Crippen LogP contribution in [0.3, 0.4) is 0 Å². The molecule has 0 aromatic carbocycles. The van der Waals surface area contributed by atoms with Gasteiger partial charge in [-0.3, -0.25) is 5.41 Å². The fourth-order valence-electron chi connectivity index (χ4n) is 0.292. The predicted molar refractivity (Wildman–Crippen MR) is 34.2 cm³/mol. The van der Waals surface area contributed by atoms with Gasteiger partial charge in [0.2, 0.25) is 0 Å². The first-order valence-electron chi connectivity index (χ1n) is 2.67. The van der Waals surface area contributed by atoms with Crippen LogP contribution >= 0.6 is 0 Å². The van der Waals surface area contributed by atoms with E-state index in [1.165, 1.54) is 0 Å². The summed E-state index contributed by atoms with van der Waals surface area (Å²) in [6, 6.07) is 0. The van der Waals surface area contributed by atoms with Crippen LogP contribution in [0.2, 0.25) is 0 Å². The van der Waals surface area contributed by atoms with E-state index < -0.39 is 0 Å². The summed E-state index contributed by atoms with van der Waals surface area (Å²) in [5.74, 6) is 0. The Hall–Kier alpha value is -0.530. The third kappa shape index (κ3) is 5.47. The molecule has 0 heterocycles. The Kier molecular flexibility index (Phi) is 2.52. The van der Waals surface area contributed by atoms with Gasteiger partial charge in [0.15, 0.2) is 6.40 Å². The molecule has 0 bridgehead atoms. The molecule has 0 aliphatic rings. The molecule has 8 heavy (non-hydrogen) atoms. The first-order valence-corrected chi connectivity index (χ1v) is 2.67. The molecule has 2 heteroatoms. The number of rotatable bonds is 2. The summed E-state index contributed by atoms with van der Waals surface area (Å²) in [5, 5.41) is 6.54. The van der Waals surface area contributed by atoms with Crippen LogP contribution in [-0.4, -0.2) is 13.0 Å². The summed E-state index contributed by atoms with van der Waals surface area (Å²) >= 11 is 0. The van der Waals surface area contributed by atoms with Gasteiger partial charge in [-0.15, -0.1) is 0 Å². The highest BCUT2D eigenvalue weighted by Crippen LogP contribution is 2.11. The standard InChI is InChI=1S/C6H13NO/c1-6(2,3)4-8-5-7/h5,7H,4H2,1-3H3. The first-order chi connectivity index (χ1) is 3.56. The molecular formula is C6H13NO. The Labute approximate surface area is 50.4 Å². The van der Waals surface area contributed by atoms with Gasteiger partial charge in [0.25, 0.3) is 0 Å². The van der Waals surface area contributed by atoms with Gasteiger partial charge in [-0.1, -0.05) is 20.8 Å². The Balaban J connectivity index is 3.24. The van der Waals surface area contributed by atoms with Gasteiger partial charge in [0, 0.05) is 0 Å². The third-order valence-electron chi connectivity index (χ3n) is 0.600. The summed E-state index contributed by atoms with van der Waals surface area (Å²) in [5.41, 5.74) is 0.178. The van der Waals surface area contributed by atoms with Crippen LogP contribution in [0.1, 0.15) is 20.8 Å². The zero-order chi connectivity index (χ0) is 6.62. The van der Waals surface area contributed by atoms with Crippen molar-refractivity contribution in [3.05, 3.63) is 0 Å². The minimum Gasteiger partial charge on any atom is -0.483 e. The van der Waals surface area contributed by atoms with E-state index in [-0.39, 0.29) is 5.41 Å². The molecule has 48 valence electrons. The second kappa shape index (κ2) is 2.70. The maximum Gasteiger partial charge on any atom is 0.166 e. The highest BCUT2D eigenvalue weighted by molar-refractivity contribution is 5.40. The van der Waals surface area contributed by atoms with Gasteiger partial charge in [-0.25, -0.2) is 0 Å². The van der Waals surface area contributed by atoms with E-state index in [4.69, 9.17) is 10.1 Å². The molecule has 0 saturated heterocycles. The second-order valence-electron chi connectivity index (χ2n) is 2.99. The molecule has 0 atom stereocenters. The molecule has 0 saturated carbocycles. The third-order valence-corrected chi connectivity index (χ3v) is 0.600. The molecule has 0 unspecified atom stereocenters. The van der Waals surface area contributed by atoms with Crippen molar-refractivity contribution in [1.82, 2.24) is 0 Å². The molecule has 0 spiro atoms. The van der Waals surface area contributed by atoms with Gasteiger partial charge in [-0.05, 0) is 5.41 Å². The molecule has 0 aromatic rings. The maximum atomic E-state index is 6.54. The lowest BCUT2D eigenvalue weighted by atomic mass is 9.99. The van der Waals surface area contributed by atoms with E-state index in [0.717, 1.165) is 6.40 Å². The zero-order valence-electron chi connectivity index (χ0n) is 5.69. The first kappa shape index (κ1) is 7.47. The summed E-state index contributed by atoms with van der Waals surface area (Å²) in [7, 11) is 0. The van der Waals surface area contributed by atoms with Crippen molar-refractivity contribution in [2.24, 2.45) is 5.41 Å². The van der Waals surface area contributed by atoms with Crippen molar-refractivity contribution < 1.29 is 4.74 Å². The topological polar surface area (TPSA) is 33.1 Å². The van der Waals surface area contributed by atoms with Crippen molar-refractivity contribution in [3.8, 4) is 0 Å². The van der Waals surface area contributed by atoms with Crippen molar-refractivity contribution in [3.63, 3.8) is 0 Å². The average molecular weight is 115 g/mol. The highest BCUT2D eigenvalue weighted by Gasteiger charge is 2.08. The normalized spacial score (nSPS) is 10.9. The molecule has 2 nitrogen and oxygen atoms in total. The van der Waals surface area contributed by atoms with Gasteiger partial charge in [-0.2, -0.15) is 0 Å². The van der Waals surface area contributed by atoms with E-state index in [1.807, 2.05) is 0 Å². The number of hydrogen-bond donors (Lipinski definition) is 1. The Morgan fingerprint density at radius 3 is 2.12 bits per heavy atom. The number of nitrogens with one attached hydrogen (secondary N) is 1. The van der Waals surface area contributed by atoms with Crippen molar-refractivity contribution in [1.29, 1.82) is 5.41 Å². The summed E-state index contributed by atoms with van der Waals surface area (Å²) in [6.45, 7) is 6.82. The van der Waals surface area contributed by atoms with E-state index in [1.54, 1.807) is 0 Å². The van der Waals surface area contributed by atoms with Crippen LogP contribution in [0, 0.1) is 10.8 Å². The molecule has 0 aliphatic carbocycles. The SMILES string of the molecule is CC(C)(C)COC=N. The lowest BCUT2D eigenvalue weighted by molar-refractivity contribution is 0.195. The van der Waals surface area contributed by atoms with E-state index in [9.17, 15) is 0 Å². The van der Waals surface area contributed by atoms with Crippen LogP contribution in [0.15, 0.2) is 0 Å². The van der Waals surface area contributed by atoms with Crippen LogP contribution < -0.4 is 0 Å². The summed E-state index contributed by atoms with van der Waals surface area (Å²) in [6.07, 6.45) is 0.977. The van der Waals surface area contributed by atoms with E-state index in [0.29, 0.717) is 6.61 Å².